The molecule has 0 bridgehead atoms. The number of nitrogens with zero attached hydrogens (tertiary/aromatic N) is 5. The smallest absolute Gasteiger partial charge is 0.197 e. The van der Waals surface area contributed by atoms with Gasteiger partial charge in [-0.1, -0.05) is 13.0 Å². The van der Waals surface area contributed by atoms with Crippen LogP contribution in [0.5, 0.6) is 11.5 Å². The van der Waals surface area contributed by atoms with Crippen LogP contribution in [0.1, 0.15) is 30.5 Å². The molecule has 7 heteroatoms. The molecule has 144 valence electrons. The first-order valence-corrected chi connectivity index (χ1v) is 9.36. The van der Waals surface area contributed by atoms with Crippen LogP contribution in [0, 0.1) is 0 Å². The standard InChI is InChI=1S/C21H23N5O2/c1-4-17-15-6-7-18(27-2)19(28-3)16(15)8-11-26(17)14-12-24-21(25-13-14)20-22-9-5-10-23-20/h5-7,9-10,12-13,17H,4,8,11H2,1-3H3. The fourth-order valence-corrected chi connectivity index (χ4v) is 3.88. The Morgan fingerprint density at radius 3 is 2.36 bits per heavy atom. The lowest BCUT2D eigenvalue weighted by atomic mass is 9.89. The van der Waals surface area contributed by atoms with Gasteiger partial charge in [0.2, 0.25) is 0 Å². The summed E-state index contributed by atoms with van der Waals surface area (Å²) in [6.07, 6.45) is 8.92. The Labute approximate surface area is 164 Å². The van der Waals surface area contributed by atoms with Crippen molar-refractivity contribution in [2.75, 3.05) is 25.7 Å². The van der Waals surface area contributed by atoms with Crippen LogP contribution >= 0.6 is 0 Å². The summed E-state index contributed by atoms with van der Waals surface area (Å²) in [5.74, 6) is 2.68. The first-order chi connectivity index (χ1) is 13.8. The Morgan fingerprint density at radius 1 is 1.00 bits per heavy atom. The van der Waals surface area contributed by atoms with Crippen molar-refractivity contribution in [3.05, 3.63) is 54.1 Å². The summed E-state index contributed by atoms with van der Waals surface area (Å²) in [6, 6.07) is 6.13. The molecular weight excluding hydrogens is 354 g/mol. The van der Waals surface area contributed by atoms with Crippen LogP contribution in [0.3, 0.4) is 0 Å². The van der Waals surface area contributed by atoms with E-state index in [0.717, 1.165) is 36.6 Å². The second-order valence-corrected chi connectivity index (χ2v) is 6.57. The molecule has 0 amide bonds. The molecule has 1 aromatic carbocycles. The van der Waals surface area contributed by atoms with Gasteiger partial charge in [0.05, 0.1) is 38.3 Å². The van der Waals surface area contributed by atoms with Crippen LogP contribution in [-0.2, 0) is 6.42 Å². The fraction of sp³-hybridized carbons (Fsp3) is 0.333. The molecule has 2 aromatic heterocycles. The van der Waals surface area contributed by atoms with Gasteiger partial charge in [-0.3, -0.25) is 0 Å². The summed E-state index contributed by atoms with van der Waals surface area (Å²) in [5, 5.41) is 0. The molecule has 0 aliphatic carbocycles. The van der Waals surface area contributed by atoms with Crippen molar-refractivity contribution in [1.82, 2.24) is 19.9 Å². The molecular formula is C21H23N5O2. The van der Waals surface area contributed by atoms with Crippen molar-refractivity contribution >= 4 is 5.69 Å². The van der Waals surface area contributed by atoms with E-state index in [-0.39, 0.29) is 6.04 Å². The minimum atomic E-state index is 0.228. The van der Waals surface area contributed by atoms with E-state index < -0.39 is 0 Å². The van der Waals surface area contributed by atoms with Crippen LogP contribution in [-0.4, -0.2) is 40.7 Å². The summed E-state index contributed by atoms with van der Waals surface area (Å²) in [6.45, 7) is 3.05. The first-order valence-electron chi connectivity index (χ1n) is 9.36. The van der Waals surface area contributed by atoms with Crippen LogP contribution in [0.2, 0.25) is 0 Å². The van der Waals surface area contributed by atoms with Gasteiger partial charge in [0.15, 0.2) is 23.1 Å². The second-order valence-electron chi connectivity index (χ2n) is 6.57. The van der Waals surface area contributed by atoms with Crippen molar-refractivity contribution < 1.29 is 9.47 Å². The van der Waals surface area contributed by atoms with Crippen molar-refractivity contribution in [2.24, 2.45) is 0 Å². The van der Waals surface area contributed by atoms with Gasteiger partial charge >= 0.3 is 0 Å². The predicted octanol–water partition coefficient (Wildman–Crippen LogP) is 3.46. The second kappa shape index (κ2) is 7.80. The summed E-state index contributed by atoms with van der Waals surface area (Å²) < 4.78 is 11.1. The van der Waals surface area contributed by atoms with E-state index in [1.807, 2.05) is 18.5 Å². The third-order valence-corrected chi connectivity index (χ3v) is 5.14. The highest BCUT2D eigenvalue weighted by molar-refractivity contribution is 5.58. The number of hydrogen-bond acceptors (Lipinski definition) is 7. The molecule has 7 nitrogen and oxygen atoms in total. The average Bonchev–Trinajstić information content (AvgIpc) is 2.78. The Kier molecular flexibility index (Phi) is 5.06. The normalized spacial score (nSPS) is 15.8. The highest BCUT2D eigenvalue weighted by Gasteiger charge is 2.30. The first kappa shape index (κ1) is 18.2. The highest BCUT2D eigenvalue weighted by Crippen LogP contribution is 2.42. The molecule has 1 aliphatic rings. The van der Waals surface area contributed by atoms with Crippen LogP contribution in [0.4, 0.5) is 5.69 Å². The summed E-state index contributed by atoms with van der Waals surface area (Å²) in [7, 11) is 3.37. The monoisotopic (exact) mass is 377 g/mol. The van der Waals surface area contributed by atoms with E-state index in [1.54, 1.807) is 32.7 Å². The van der Waals surface area contributed by atoms with Gasteiger partial charge in [0.25, 0.3) is 0 Å². The van der Waals surface area contributed by atoms with Crippen molar-refractivity contribution in [2.45, 2.75) is 25.8 Å². The van der Waals surface area contributed by atoms with Crippen LogP contribution in [0.15, 0.2) is 43.0 Å². The predicted molar refractivity (Wildman–Crippen MR) is 107 cm³/mol. The summed E-state index contributed by atoms with van der Waals surface area (Å²) in [4.78, 5) is 19.7. The van der Waals surface area contributed by atoms with Gasteiger partial charge < -0.3 is 14.4 Å². The lowest BCUT2D eigenvalue weighted by Gasteiger charge is -2.39. The fourth-order valence-electron chi connectivity index (χ4n) is 3.88. The number of benzene rings is 1. The molecule has 4 rings (SSSR count). The summed E-state index contributed by atoms with van der Waals surface area (Å²) in [5.41, 5.74) is 3.48. The number of aromatic nitrogens is 4. The zero-order valence-electron chi connectivity index (χ0n) is 16.3. The number of hydrogen-bond donors (Lipinski definition) is 0. The Morgan fingerprint density at radius 2 is 1.71 bits per heavy atom. The minimum absolute atomic E-state index is 0.228. The molecule has 0 fully saturated rings. The highest BCUT2D eigenvalue weighted by atomic mass is 16.5. The zero-order valence-corrected chi connectivity index (χ0v) is 16.3. The van der Waals surface area contributed by atoms with Crippen LogP contribution in [0.25, 0.3) is 11.6 Å². The van der Waals surface area contributed by atoms with E-state index in [2.05, 4.69) is 37.8 Å². The molecule has 0 saturated carbocycles. The molecule has 1 unspecified atom stereocenters. The Hall–Kier alpha value is -3.22. The topological polar surface area (TPSA) is 73.3 Å². The van der Waals surface area contributed by atoms with Gasteiger partial charge in [-0.15, -0.1) is 0 Å². The van der Waals surface area contributed by atoms with Crippen molar-refractivity contribution in [3.63, 3.8) is 0 Å². The maximum Gasteiger partial charge on any atom is 0.197 e. The third-order valence-electron chi connectivity index (χ3n) is 5.14. The lowest BCUT2D eigenvalue weighted by molar-refractivity contribution is 0.348. The Balaban J connectivity index is 1.67. The molecule has 28 heavy (non-hydrogen) atoms. The molecule has 1 atom stereocenters. The number of ether oxygens (including phenoxy) is 2. The number of fused-ring (bicyclic) bond motifs is 1. The van der Waals surface area contributed by atoms with Gasteiger partial charge in [-0.25, -0.2) is 19.9 Å². The number of anilines is 1. The lowest BCUT2D eigenvalue weighted by Crippen LogP contribution is -2.35. The molecule has 0 N–H and O–H groups in total. The quantitative estimate of drug-likeness (QED) is 0.674. The van der Waals surface area contributed by atoms with Crippen molar-refractivity contribution in [3.8, 4) is 23.1 Å². The SMILES string of the molecule is CCC1c2ccc(OC)c(OC)c2CCN1c1cnc(-c2ncccn2)nc1. The maximum atomic E-state index is 5.65. The van der Waals surface area contributed by atoms with E-state index >= 15 is 0 Å². The number of rotatable bonds is 5. The van der Waals surface area contributed by atoms with Gasteiger partial charge in [0.1, 0.15) is 0 Å². The van der Waals surface area contributed by atoms with Crippen molar-refractivity contribution in [1.29, 1.82) is 0 Å². The molecule has 0 radical (unpaired) electrons. The number of methoxy groups -OCH3 is 2. The van der Waals surface area contributed by atoms with Gasteiger partial charge in [0, 0.05) is 24.5 Å². The van der Waals surface area contributed by atoms with Crippen LogP contribution < -0.4 is 14.4 Å². The van der Waals surface area contributed by atoms with Gasteiger partial charge in [-0.2, -0.15) is 0 Å². The zero-order chi connectivity index (χ0) is 19.5. The van der Waals surface area contributed by atoms with E-state index in [4.69, 9.17) is 9.47 Å². The third kappa shape index (κ3) is 3.13. The minimum Gasteiger partial charge on any atom is -0.493 e. The molecule has 0 saturated heterocycles. The summed E-state index contributed by atoms with van der Waals surface area (Å²) >= 11 is 0. The Bertz CT molecular complexity index is 947. The molecule has 3 heterocycles. The van der Waals surface area contributed by atoms with Gasteiger partial charge in [-0.05, 0) is 30.5 Å². The average molecular weight is 377 g/mol. The van der Waals surface area contributed by atoms with E-state index in [0.29, 0.717) is 11.6 Å². The molecule has 3 aromatic rings. The molecule has 0 spiro atoms. The largest absolute Gasteiger partial charge is 0.493 e. The maximum absolute atomic E-state index is 5.65. The van der Waals surface area contributed by atoms with E-state index in [9.17, 15) is 0 Å². The van der Waals surface area contributed by atoms with E-state index in [1.165, 1.54) is 11.1 Å². The molecule has 1 aliphatic heterocycles.